The molecule has 4 nitrogen and oxygen atoms in total. The molecule has 0 saturated carbocycles. The number of aryl methyl sites for hydroxylation is 1. The Hall–Kier alpha value is -3.27. The van der Waals surface area contributed by atoms with Crippen LogP contribution < -0.4 is 14.8 Å². The first-order valence-corrected chi connectivity index (χ1v) is 9.96. The largest absolute Gasteiger partial charge is 0.494 e. The summed E-state index contributed by atoms with van der Waals surface area (Å²) in [6.45, 7) is 3.86. The third-order valence-electron chi connectivity index (χ3n) is 4.57. The molecule has 29 heavy (non-hydrogen) atoms. The number of amides is 1. The van der Waals surface area contributed by atoms with Crippen molar-refractivity contribution in [1.29, 1.82) is 0 Å². The number of carbonyl (C=O) groups is 1. The van der Waals surface area contributed by atoms with Crippen molar-refractivity contribution in [2.24, 2.45) is 0 Å². The number of para-hydroxylation sites is 1. The lowest BCUT2D eigenvalue weighted by Gasteiger charge is -2.10. The van der Waals surface area contributed by atoms with Gasteiger partial charge in [0.2, 0.25) is 0 Å². The van der Waals surface area contributed by atoms with Crippen LogP contribution in [0.25, 0.3) is 0 Å². The highest BCUT2D eigenvalue weighted by molar-refractivity contribution is 5.94. The van der Waals surface area contributed by atoms with Crippen molar-refractivity contribution in [3.63, 3.8) is 0 Å². The molecule has 3 aromatic carbocycles. The predicted molar refractivity (Wildman–Crippen MR) is 115 cm³/mol. The van der Waals surface area contributed by atoms with Crippen LogP contribution in [-0.4, -0.2) is 19.1 Å². The summed E-state index contributed by atoms with van der Waals surface area (Å²) in [5.41, 5.74) is 2.85. The van der Waals surface area contributed by atoms with Crippen molar-refractivity contribution in [1.82, 2.24) is 5.32 Å². The minimum atomic E-state index is -0.0891. The van der Waals surface area contributed by atoms with Gasteiger partial charge in [0.15, 0.2) is 0 Å². The van der Waals surface area contributed by atoms with Crippen LogP contribution in [0.5, 0.6) is 11.5 Å². The van der Waals surface area contributed by atoms with E-state index in [0.717, 1.165) is 35.5 Å². The smallest absolute Gasteiger partial charge is 0.251 e. The van der Waals surface area contributed by atoms with Gasteiger partial charge in [-0.1, -0.05) is 48.5 Å². The van der Waals surface area contributed by atoms with Crippen LogP contribution in [0.4, 0.5) is 0 Å². The Morgan fingerprint density at radius 3 is 2.17 bits per heavy atom. The zero-order valence-corrected chi connectivity index (χ0v) is 16.8. The van der Waals surface area contributed by atoms with Crippen molar-refractivity contribution < 1.29 is 14.3 Å². The van der Waals surface area contributed by atoms with E-state index < -0.39 is 0 Å². The first-order valence-electron chi connectivity index (χ1n) is 9.96. The number of unbranched alkanes of at least 4 members (excludes halogenated alkanes) is 1. The molecule has 150 valence electrons. The Morgan fingerprint density at radius 1 is 0.793 bits per heavy atom. The highest BCUT2D eigenvalue weighted by Crippen LogP contribution is 2.17. The fourth-order valence-corrected chi connectivity index (χ4v) is 2.88. The predicted octanol–water partition coefficient (Wildman–Crippen LogP) is 5.16. The molecule has 0 aromatic heterocycles. The van der Waals surface area contributed by atoms with Crippen molar-refractivity contribution in [2.45, 2.75) is 26.3 Å². The second kappa shape index (κ2) is 10.9. The molecule has 0 spiro atoms. The Morgan fingerprint density at radius 2 is 1.45 bits per heavy atom. The summed E-state index contributed by atoms with van der Waals surface area (Å²) in [5.74, 6) is 1.62. The third-order valence-corrected chi connectivity index (χ3v) is 4.57. The lowest BCUT2D eigenvalue weighted by molar-refractivity contribution is 0.0951. The van der Waals surface area contributed by atoms with Gasteiger partial charge in [0.1, 0.15) is 11.5 Å². The summed E-state index contributed by atoms with van der Waals surface area (Å²) >= 11 is 0. The normalized spacial score (nSPS) is 10.4. The number of carbonyl (C=O) groups excluding carboxylic acids is 1. The number of rotatable bonds is 10. The van der Waals surface area contributed by atoms with Crippen LogP contribution in [0.3, 0.4) is 0 Å². The van der Waals surface area contributed by atoms with Crippen LogP contribution in [0, 0.1) is 6.92 Å². The van der Waals surface area contributed by atoms with Crippen molar-refractivity contribution in [3.05, 3.63) is 95.6 Å². The van der Waals surface area contributed by atoms with Gasteiger partial charge in [0, 0.05) is 12.1 Å². The molecule has 3 rings (SSSR count). The molecule has 0 bridgehead atoms. The van der Waals surface area contributed by atoms with Gasteiger partial charge in [0.05, 0.1) is 13.2 Å². The summed E-state index contributed by atoms with van der Waals surface area (Å²) in [7, 11) is 0. The Balaban J connectivity index is 1.33. The Bertz CT molecular complexity index is 891. The van der Waals surface area contributed by atoms with Crippen molar-refractivity contribution in [3.8, 4) is 11.5 Å². The number of hydrogen-bond acceptors (Lipinski definition) is 3. The average molecular weight is 389 g/mol. The van der Waals surface area contributed by atoms with Crippen LogP contribution in [0.15, 0.2) is 78.9 Å². The molecule has 1 amide bonds. The molecule has 1 N–H and O–H groups in total. The zero-order valence-electron chi connectivity index (χ0n) is 16.8. The monoisotopic (exact) mass is 389 g/mol. The van der Waals surface area contributed by atoms with E-state index in [9.17, 15) is 4.79 Å². The maximum atomic E-state index is 12.2. The summed E-state index contributed by atoms with van der Waals surface area (Å²) < 4.78 is 11.5. The first-order chi connectivity index (χ1) is 14.2. The molecule has 0 aliphatic carbocycles. The minimum Gasteiger partial charge on any atom is -0.494 e. The quantitative estimate of drug-likeness (QED) is 0.487. The van der Waals surface area contributed by atoms with E-state index in [1.165, 1.54) is 0 Å². The molecule has 0 aliphatic heterocycles. The molecular weight excluding hydrogens is 362 g/mol. The summed E-state index contributed by atoms with van der Waals surface area (Å²) in [6, 6.07) is 25.1. The molecule has 3 aromatic rings. The van der Waals surface area contributed by atoms with Crippen molar-refractivity contribution >= 4 is 5.91 Å². The highest BCUT2D eigenvalue weighted by Gasteiger charge is 2.05. The van der Waals surface area contributed by atoms with Crippen LogP contribution in [0.1, 0.15) is 34.3 Å². The number of hydrogen-bond donors (Lipinski definition) is 1. The van der Waals surface area contributed by atoms with Crippen LogP contribution >= 0.6 is 0 Å². The molecule has 4 heteroatoms. The van der Waals surface area contributed by atoms with Gasteiger partial charge in [-0.05, 0) is 61.2 Å². The number of benzene rings is 3. The molecule has 0 saturated heterocycles. The second-order valence-corrected chi connectivity index (χ2v) is 6.86. The number of ether oxygens (including phenoxy) is 2. The van der Waals surface area contributed by atoms with E-state index in [1.54, 1.807) is 12.1 Å². The van der Waals surface area contributed by atoms with Gasteiger partial charge in [-0.3, -0.25) is 4.79 Å². The SMILES string of the molecule is Cc1ccccc1OCCCCOc1ccc(C(=O)NCc2ccccc2)cc1. The van der Waals surface area contributed by atoms with Crippen molar-refractivity contribution in [2.75, 3.05) is 13.2 Å². The third kappa shape index (κ3) is 6.68. The van der Waals surface area contributed by atoms with E-state index in [0.29, 0.717) is 25.3 Å². The molecule has 0 fully saturated rings. The van der Waals surface area contributed by atoms with Gasteiger partial charge in [-0.15, -0.1) is 0 Å². The van der Waals surface area contributed by atoms with Gasteiger partial charge >= 0.3 is 0 Å². The molecular formula is C25H27NO3. The van der Waals surface area contributed by atoms with E-state index in [-0.39, 0.29) is 5.91 Å². The van der Waals surface area contributed by atoms with E-state index in [2.05, 4.69) is 5.32 Å². The Kier molecular flexibility index (Phi) is 7.70. The van der Waals surface area contributed by atoms with Gasteiger partial charge in [-0.2, -0.15) is 0 Å². The summed E-state index contributed by atoms with van der Waals surface area (Å²) in [5, 5.41) is 2.92. The zero-order chi connectivity index (χ0) is 20.3. The fraction of sp³-hybridized carbons (Fsp3) is 0.240. The molecule has 0 unspecified atom stereocenters. The molecule has 0 heterocycles. The molecule has 0 aliphatic rings. The summed E-state index contributed by atoms with van der Waals surface area (Å²) in [4.78, 5) is 12.2. The van der Waals surface area contributed by atoms with Gasteiger partial charge in [-0.25, -0.2) is 0 Å². The fourth-order valence-electron chi connectivity index (χ4n) is 2.88. The lowest BCUT2D eigenvalue weighted by atomic mass is 10.2. The van der Waals surface area contributed by atoms with E-state index in [4.69, 9.17) is 9.47 Å². The molecule has 0 radical (unpaired) electrons. The van der Waals surface area contributed by atoms with E-state index >= 15 is 0 Å². The van der Waals surface area contributed by atoms with Crippen LogP contribution in [-0.2, 0) is 6.54 Å². The standard InChI is InChI=1S/C25H27NO3/c1-20-9-5-6-12-24(20)29-18-8-7-17-28-23-15-13-22(14-16-23)25(27)26-19-21-10-3-2-4-11-21/h2-6,9-16H,7-8,17-19H2,1H3,(H,26,27). The lowest BCUT2D eigenvalue weighted by Crippen LogP contribution is -2.22. The average Bonchev–Trinajstić information content (AvgIpc) is 2.77. The summed E-state index contributed by atoms with van der Waals surface area (Å²) in [6.07, 6.45) is 1.83. The van der Waals surface area contributed by atoms with Crippen LogP contribution in [0.2, 0.25) is 0 Å². The Labute approximate surface area is 172 Å². The van der Waals surface area contributed by atoms with Gasteiger partial charge in [0.25, 0.3) is 5.91 Å². The maximum absolute atomic E-state index is 12.2. The first kappa shape index (κ1) is 20.5. The highest BCUT2D eigenvalue weighted by atomic mass is 16.5. The minimum absolute atomic E-state index is 0.0891. The van der Waals surface area contributed by atoms with Gasteiger partial charge < -0.3 is 14.8 Å². The number of nitrogens with one attached hydrogen (secondary N) is 1. The second-order valence-electron chi connectivity index (χ2n) is 6.86. The topological polar surface area (TPSA) is 47.6 Å². The van der Waals surface area contributed by atoms with E-state index in [1.807, 2.05) is 73.7 Å². The molecule has 0 atom stereocenters. The maximum Gasteiger partial charge on any atom is 0.251 e.